The van der Waals surface area contributed by atoms with Gasteiger partial charge in [0.05, 0.1) is 10.4 Å². The number of nitrogens with zero attached hydrogens (tertiary/aromatic N) is 2. The number of anilines is 2. The molecule has 19 heavy (non-hydrogen) atoms. The monoisotopic (exact) mass is 273 g/mol. The van der Waals surface area contributed by atoms with Gasteiger partial charge < -0.3 is 16.5 Å². The second-order valence-electron chi connectivity index (χ2n) is 4.47. The molecule has 2 aromatic rings. The zero-order valence-electron chi connectivity index (χ0n) is 10.6. The third-order valence-electron chi connectivity index (χ3n) is 3.11. The van der Waals surface area contributed by atoms with Gasteiger partial charge in [0.25, 0.3) is 0 Å². The Kier molecular flexibility index (Phi) is 2.94. The number of aromatic amines is 1. The van der Waals surface area contributed by atoms with Gasteiger partial charge in [-0.3, -0.25) is 0 Å². The number of hydrogen-bond acceptors (Lipinski definition) is 5. The molecule has 6 heteroatoms. The number of nitrogens with two attached hydrogens (primary N) is 2. The molecule has 3 rings (SSSR count). The highest BCUT2D eigenvalue weighted by Crippen LogP contribution is 2.37. The number of nitrogen functional groups attached to an aromatic ring is 2. The summed E-state index contributed by atoms with van der Waals surface area (Å²) in [7, 11) is 0. The van der Waals surface area contributed by atoms with Crippen LogP contribution in [0.15, 0.2) is 28.2 Å². The van der Waals surface area contributed by atoms with E-state index in [2.05, 4.69) is 33.2 Å². The van der Waals surface area contributed by atoms with Crippen LogP contribution in [0, 0.1) is 6.92 Å². The maximum absolute atomic E-state index is 5.92. The Morgan fingerprint density at radius 2 is 2.16 bits per heavy atom. The highest BCUT2D eigenvalue weighted by Gasteiger charge is 2.15. The van der Waals surface area contributed by atoms with Gasteiger partial charge in [-0.15, -0.1) is 0 Å². The first kappa shape index (κ1) is 12.1. The third kappa shape index (κ3) is 2.19. The largest absolute Gasteiger partial charge is 0.383 e. The van der Waals surface area contributed by atoms with Crippen molar-refractivity contribution in [3.05, 3.63) is 28.7 Å². The molecule has 0 saturated carbocycles. The molecule has 0 fully saturated rings. The summed E-state index contributed by atoms with van der Waals surface area (Å²) in [4.78, 5) is 12.8. The van der Waals surface area contributed by atoms with Crippen LogP contribution in [0.25, 0.3) is 11.0 Å². The van der Waals surface area contributed by atoms with E-state index in [9.17, 15) is 0 Å². The lowest BCUT2D eigenvalue weighted by molar-refractivity contribution is 1.02. The van der Waals surface area contributed by atoms with E-state index in [0.29, 0.717) is 11.5 Å². The van der Waals surface area contributed by atoms with E-state index in [0.717, 1.165) is 28.8 Å². The van der Waals surface area contributed by atoms with E-state index in [1.54, 1.807) is 11.8 Å². The molecule has 0 aliphatic heterocycles. The number of thioether (sulfide) groups is 1. The molecule has 0 spiro atoms. The van der Waals surface area contributed by atoms with Gasteiger partial charge >= 0.3 is 0 Å². The van der Waals surface area contributed by atoms with E-state index in [1.165, 1.54) is 4.91 Å². The number of hydrogen-bond donors (Lipinski definition) is 3. The number of aromatic nitrogens is 3. The van der Waals surface area contributed by atoms with Crippen LogP contribution in [0.3, 0.4) is 0 Å². The molecule has 0 unspecified atom stereocenters. The van der Waals surface area contributed by atoms with Crippen molar-refractivity contribution in [3.63, 3.8) is 0 Å². The molecule has 1 aliphatic carbocycles. The SMILES string of the molecule is Cc1c(SC2=CC=CCC2)[nH]c2nc(N)nc(N)c12. The van der Waals surface area contributed by atoms with Crippen molar-refractivity contribution in [2.45, 2.75) is 24.8 Å². The van der Waals surface area contributed by atoms with Crippen LogP contribution in [-0.4, -0.2) is 15.0 Å². The number of H-pyrrole nitrogens is 1. The molecule has 5 nitrogen and oxygen atoms in total. The molecule has 0 saturated heterocycles. The van der Waals surface area contributed by atoms with Gasteiger partial charge in [-0.2, -0.15) is 9.97 Å². The van der Waals surface area contributed by atoms with Crippen molar-refractivity contribution in [1.29, 1.82) is 0 Å². The Hall–Kier alpha value is -1.95. The van der Waals surface area contributed by atoms with Crippen molar-refractivity contribution >= 4 is 34.6 Å². The number of nitrogens with one attached hydrogen (secondary N) is 1. The minimum absolute atomic E-state index is 0.197. The minimum atomic E-state index is 0.197. The first-order valence-electron chi connectivity index (χ1n) is 6.10. The van der Waals surface area contributed by atoms with E-state index >= 15 is 0 Å². The van der Waals surface area contributed by atoms with Gasteiger partial charge in [0, 0.05) is 0 Å². The molecular formula is C13H15N5S. The van der Waals surface area contributed by atoms with Crippen molar-refractivity contribution in [1.82, 2.24) is 15.0 Å². The molecule has 1 aliphatic rings. The van der Waals surface area contributed by atoms with Crippen molar-refractivity contribution in [3.8, 4) is 0 Å². The average molecular weight is 273 g/mol. The van der Waals surface area contributed by atoms with Gasteiger partial charge in [0.1, 0.15) is 11.5 Å². The fourth-order valence-electron chi connectivity index (χ4n) is 2.17. The molecule has 0 bridgehead atoms. The highest BCUT2D eigenvalue weighted by molar-refractivity contribution is 8.03. The summed E-state index contributed by atoms with van der Waals surface area (Å²) in [5, 5.41) is 1.92. The van der Waals surface area contributed by atoms with Crippen molar-refractivity contribution < 1.29 is 0 Å². The lowest BCUT2D eigenvalue weighted by Crippen LogP contribution is -1.99. The predicted octanol–water partition coefficient (Wildman–Crippen LogP) is 2.76. The lowest BCUT2D eigenvalue weighted by Gasteiger charge is -2.07. The van der Waals surface area contributed by atoms with Crippen molar-refractivity contribution in [2.24, 2.45) is 0 Å². The zero-order chi connectivity index (χ0) is 13.4. The minimum Gasteiger partial charge on any atom is -0.383 e. The molecule has 5 N–H and O–H groups in total. The fraction of sp³-hybridized carbons (Fsp3) is 0.231. The van der Waals surface area contributed by atoms with Gasteiger partial charge in [-0.25, -0.2) is 0 Å². The standard InChI is InChI=1S/C13H15N5S/c1-7-9-10(14)16-13(15)18-11(9)17-12(7)19-8-5-3-2-4-6-8/h2-3,5H,4,6H2,1H3,(H5,14,15,16,17,18). The average Bonchev–Trinajstić information content (AvgIpc) is 2.67. The number of allylic oxidation sites excluding steroid dienone is 4. The van der Waals surface area contributed by atoms with Crippen LogP contribution in [-0.2, 0) is 0 Å². The van der Waals surface area contributed by atoms with Gasteiger partial charge in [0.2, 0.25) is 5.95 Å². The summed E-state index contributed by atoms with van der Waals surface area (Å²) < 4.78 is 0. The summed E-state index contributed by atoms with van der Waals surface area (Å²) in [5.41, 5.74) is 13.3. The summed E-state index contributed by atoms with van der Waals surface area (Å²) >= 11 is 1.72. The summed E-state index contributed by atoms with van der Waals surface area (Å²) in [5.74, 6) is 0.628. The molecular weight excluding hydrogens is 258 g/mol. The smallest absolute Gasteiger partial charge is 0.223 e. The highest BCUT2D eigenvalue weighted by atomic mass is 32.2. The maximum Gasteiger partial charge on any atom is 0.223 e. The first-order valence-corrected chi connectivity index (χ1v) is 6.91. The second-order valence-corrected chi connectivity index (χ2v) is 5.61. The number of fused-ring (bicyclic) bond motifs is 1. The normalized spacial score (nSPS) is 14.9. The number of aryl methyl sites for hydroxylation is 1. The molecule has 98 valence electrons. The third-order valence-corrected chi connectivity index (χ3v) is 4.33. The van der Waals surface area contributed by atoms with Crippen LogP contribution < -0.4 is 11.5 Å². The first-order chi connectivity index (χ1) is 9.15. The number of rotatable bonds is 2. The Balaban J connectivity index is 2.05. The second kappa shape index (κ2) is 4.62. The van der Waals surface area contributed by atoms with E-state index < -0.39 is 0 Å². The van der Waals surface area contributed by atoms with Crippen LogP contribution in [0.5, 0.6) is 0 Å². The van der Waals surface area contributed by atoms with Gasteiger partial charge in [-0.05, 0) is 30.2 Å². The molecule has 0 atom stereocenters. The van der Waals surface area contributed by atoms with E-state index in [-0.39, 0.29) is 5.95 Å². The maximum atomic E-state index is 5.92. The molecule has 0 amide bonds. The Morgan fingerprint density at radius 1 is 1.32 bits per heavy atom. The summed E-state index contributed by atoms with van der Waals surface area (Å²) in [6.45, 7) is 2.02. The van der Waals surface area contributed by atoms with Crippen LogP contribution >= 0.6 is 11.8 Å². The van der Waals surface area contributed by atoms with Gasteiger partial charge in [0.15, 0.2) is 0 Å². The molecule has 2 aromatic heterocycles. The lowest BCUT2D eigenvalue weighted by atomic mass is 10.2. The molecule has 0 radical (unpaired) electrons. The predicted molar refractivity (Wildman–Crippen MR) is 79.8 cm³/mol. The fourth-order valence-corrected chi connectivity index (χ4v) is 3.20. The van der Waals surface area contributed by atoms with Crippen LogP contribution in [0.4, 0.5) is 11.8 Å². The van der Waals surface area contributed by atoms with Gasteiger partial charge in [-0.1, -0.05) is 30.0 Å². The molecule has 2 heterocycles. The quantitative estimate of drug-likeness (QED) is 0.782. The Bertz CT molecular complexity index is 699. The van der Waals surface area contributed by atoms with Crippen LogP contribution in [0.1, 0.15) is 18.4 Å². The van der Waals surface area contributed by atoms with Crippen LogP contribution in [0.2, 0.25) is 0 Å². The Morgan fingerprint density at radius 3 is 2.89 bits per heavy atom. The summed E-state index contributed by atoms with van der Waals surface area (Å²) in [6, 6.07) is 0. The Labute approximate surface area is 115 Å². The van der Waals surface area contributed by atoms with E-state index in [4.69, 9.17) is 11.5 Å². The topological polar surface area (TPSA) is 93.6 Å². The summed E-state index contributed by atoms with van der Waals surface area (Å²) in [6.07, 6.45) is 8.57. The zero-order valence-corrected chi connectivity index (χ0v) is 11.4. The van der Waals surface area contributed by atoms with E-state index in [1.807, 2.05) is 6.92 Å². The molecule has 0 aromatic carbocycles. The van der Waals surface area contributed by atoms with Crippen molar-refractivity contribution in [2.75, 3.05) is 11.5 Å².